The van der Waals surface area contributed by atoms with E-state index in [2.05, 4.69) is 48.2 Å². The summed E-state index contributed by atoms with van der Waals surface area (Å²) in [5.41, 5.74) is 8.58. The number of ether oxygens (including phenoxy) is 2. The summed E-state index contributed by atoms with van der Waals surface area (Å²) in [6.07, 6.45) is 9.53. The molecule has 1 saturated carbocycles. The van der Waals surface area contributed by atoms with Crippen LogP contribution < -0.4 is 20.1 Å². The maximum Gasteiger partial charge on any atom is 0.186 e. The van der Waals surface area contributed by atoms with Crippen molar-refractivity contribution in [3.63, 3.8) is 0 Å². The number of nitrogens with two attached hydrogens (primary N) is 1. The molecule has 0 bridgehead atoms. The Morgan fingerprint density at radius 1 is 0.949 bits per heavy atom. The Kier molecular flexibility index (Phi) is 10.9. The quantitative estimate of drug-likeness (QED) is 0.0688. The third kappa shape index (κ3) is 8.12. The fourth-order valence-electron chi connectivity index (χ4n) is 5.06. The van der Waals surface area contributed by atoms with Crippen molar-refractivity contribution >= 4 is 22.3 Å². The lowest BCUT2D eigenvalue weighted by Gasteiger charge is -2.16. The summed E-state index contributed by atoms with van der Waals surface area (Å²) in [5.74, 6) is 2.57. The molecule has 3 aromatic rings. The molecule has 1 aliphatic carbocycles. The standard InChI is InChI=1S/C31H42N4O3S/c1-3-35(4-2)31-33-29(28(39-31)22-23-10-6-7-11-23)24-12-16-26(17-13-24)37-20-8-5-9-21-38-27-18-14-25(15-19-27)30(32)34-36/h12-19,23,36H,3-11,20-22H2,1-2H3,(H2,32,34). The number of aromatic nitrogens is 1. The van der Waals surface area contributed by atoms with E-state index in [0.29, 0.717) is 18.8 Å². The van der Waals surface area contributed by atoms with Gasteiger partial charge >= 0.3 is 0 Å². The molecule has 210 valence electrons. The maximum atomic E-state index is 8.74. The van der Waals surface area contributed by atoms with Crippen molar-refractivity contribution < 1.29 is 14.7 Å². The Hall–Kier alpha value is -3.26. The minimum atomic E-state index is 0.0906. The van der Waals surface area contributed by atoms with Crippen molar-refractivity contribution in [2.75, 3.05) is 31.2 Å². The molecule has 8 heteroatoms. The van der Waals surface area contributed by atoms with Crippen molar-refractivity contribution in [2.45, 2.75) is 65.2 Å². The Morgan fingerprint density at radius 3 is 2.10 bits per heavy atom. The monoisotopic (exact) mass is 550 g/mol. The molecule has 0 radical (unpaired) electrons. The lowest BCUT2D eigenvalue weighted by molar-refractivity contribution is 0.279. The van der Waals surface area contributed by atoms with Gasteiger partial charge < -0.3 is 25.3 Å². The Bertz CT molecular complexity index is 1170. The number of hydrogen-bond donors (Lipinski definition) is 2. The second kappa shape index (κ2) is 14.8. The van der Waals surface area contributed by atoms with Gasteiger partial charge in [0, 0.05) is 29.1 Å². The van der Waals surface area contributed by atoms with Gasteiger partial charge in [0.05, 0.1) is 18.9 Å². The van der Waals surface area contributed by atoms with Crippen molar-refractivity contribution in [3.05, 3.63) is 59.0 Å². The van der Waals surface area contributed by atoms with Gasteiger partial charge in [-0.05, 0) is 94.0 Å². The molecular formula is C31H42N4O3S. The number of amidine groups is 1. The smallest absolute Gasteiger partial charge is 0.186 e. The van der Waals surface area contributed by atoms with E-state index in [0.717, 1.165) is 67.0 Å². The number of hydrogen-bond acceptors (Lipinski definition) is 7. The maximum absolute atomic E-state index is 8.74. The number of rotatable bonds is 15. The number of thiazole rings is 1. The third-order valence-corrected chi connectivity index (χ3v) is 8.52. The third-order valence-electron chi connectivity index (χ3n) is 7.38. The van der Waals surface area contributed by atoms with E-state index >= 15 is 0 Å². The summed E-state index contributed by atoms with van der Waals surface area (Å²) >= 11 is 1.88. The van der Waals surface area contributed by atoms with Crippen LogP contribution in [0.1, 0.15) is 69.2 Å². The molecule has 4 rings (SSSR count). The lowest BCUT2D eigenvalue weighted by Crippen LogP contribution is -2.21. The summed E-state index contributed by atoms with van der Waals surface area (Å²) < 4.78 is 11.8. The van der Waals surface area contributed by atoms with Crippen LogP contribution in [0.15, 0.2) is 53.7 Å². The molecule has 0 spiro atoms. The SMILES string of the molecule is CCN(CC)c1nc(-c2ccc(OCCCCCOc3ccc(/C(N)=N/O)cc3)cc2)c(CC2CCCC2)s1. The molecule has 1 heterocycles. The summed E-state index contributed by atoms with van der Waals surface area (Å²) in [6.45, 7) is 7.69. The number of anilines is 1. The van der Waals surface area contributed by atoms with E-state index in [1.807, 2.05) is 23.5 Å². The van der Waals surface area contributed by atoms with Crippen LogP contribution in [0.4, 0.5) is 5.13 Å². The Balaban J connectivity index is 1.23. The number of unbranched alkanes of at least 4 members (excludes halogenated alkanes) is 2. The van der Waals surface area contributed by atoms with Crippen molar-refractivity contribution in [3.8, 4) is 22.8 Å². The number of nitrogens with zero attached hydrogens (tertiary/aromatic N) is 3. The normalized spacial score (nSPS) is 14.1. The fraction of sp³-hybridized carbons (Fsp3) is 0.484. The largest absolute Gasteiger partial charge is 0.494 e. The second-order valence-electron chi connectivity index (χ2n) is 10.1. The molecule has 0 saturated heterocycles. The van der Waals surface area contributed by atoms with Gasteiger partial charge in [0.1, 0.15) is 11.5 Å². The molecule has 1 aliphatic rings. The van der Waals surface area contributed by atoms with Crippen LogP contribution in [-0.4, -0.2) is 42.3 Å². The summed E-state index contributed by atoms with van der Waals surface area (Å²) in [5, 5.41) is 12.9. The molecular weight excluding hydrogens is 508 g/mol. The number of benzene rings is 2. The van der Waals surface area contributed by atoms with Gasteiger partial charge in [-0.3, -0.25) is 0 Å². The molecule has 1 fully saturated rings. The predicted octanol–water partition coefficient (Wildman–Crippen LogP) is 7.11. The summed E-state index contributed by atoms with van der Waals surface area (Å²) in [4.78, 5) is 8.89. The highest BCUT2D eigenvalue weighted by Crippen LogP contribution is 2.38. The summed E-state index contributed by atoms with van der Waals surface area (Å²) in [6, 6.07) is 15.7. The van der Waals surface area contributed by atoms with Gasteiger partial charge in [-0.2, -0.15) is 0 Å². The number of oxime groups is 1. The Labute approximate surface area is 236 Å². The van der Waals surface area contributed by atoms with Crippen LogP contribution in [-0.2, 0) is 6.42 Å². The highest BCUT2D eigenvalue weighted by atomic mass is 32.1. The molecule has 2 aromatic carbocycles. The predicted molar refractivity (Wildman–Crippen MR) is 161 cm³/mol. The first-order valence-electron chi connectivity index (χ1n) is 14.3. The molecule has 7 nitrogen and oxygen atoms in total. The highest BCUT2D eigenvalue weighted by Gasteiger charge is 2.22. The van der Waals surface area contributed by atoms with Crippen LogP contribution >= 0.6 is 11.3 Å². The van der Waals surface area contributed by atoms with Gasteiger partial charge in [-0.15, -0.1) is 11.3 Å². The van der Waals surface area contributed by atoms with E-state index in [1.165, 1.54) is 36.1 Å². The molecule has 0 aliphatic heterocycles. The van der Waals surface area contributed by atoms with Crippen LogP contribution in [0.25, 0.3) is 11.3 Å². The molecule has 3 N–H and O–H groups in total. The molecule has 39 heavy (non-hydrogen) atoms. The van der Waals surface area contributed by atoms with Gasteiger partial charge in [0.15, 0.2) is 11.0 Å². The minimum absolute atomic E-state index is 0.0906. The average molecular weight is 551 g/mol. The van der Waals surface area contributed by atoms with Crippen LogP contribution in [0.2, 0.25) is 0 Å². The van der Waals surface area contributed by atoms with E-state index in [9.17, 15) is 0 Å². The fourth-order valence-corrected chi connectivity index (χ4v) is 6.38. The first-order chi connectivity index (χ1) is 19.1. The van der Waals surface area contributed by atoms with Crippen LogP contribution in [0.5, 0.6) is 11.5 Å². The highest BCUT2D eigenvalue weighted by molar-refractivity contribution is 7.16. The minimum Gasteiger partial charge on any atom is -0.494 e. The zero-order chi connectivity index (χ0) is 27.5. The van der Waals surface area contributed by atoms with Gasteiger partial charge in [0.25, 0.3) is 0 Å². The second-order valence-corrected chi connectivity index (χ2v) is 11.1. The lowest BCUT2D eigenvalue weighted by atomic mass is 10.0. The average Bonchev–Trinajstić information content (AvgIpc) is 3.64. The molecule has 0 unspecified atom stereocenters. The van der Waals surface area contributed by atoms with Gasteiger partial charge in [-0.1, -0.05) is 30.8 Å². The van der Waals surface area contributed by atoms with Gasteiger partial charge in [0.2, 0.25) is 0 Å². The van der Waals surface area contributed by atoms with Crippen molar-refractivity contribution in [1.29, 1.82) is 0 Å². The van der Waals surface area contributed by atoms with E-state index in [4.69, 9.17) is 25.4 Å². The van der Waals surface area contributed by atoms with Crippen LogP contribution in [0, 0.1) is 5.92 Å². The van der Waals surface area contributed by atoms with E-state index < -0.39 is 0 Å². The zero-order valence-electron chi connectivity index (χ0n) is 23.3. The molecule has 0 amide bonds. The van der Waals surface area contributed by atoms with Crippen molar-refractivity contribution in [1.82, 2.24) is 4.98 Å². The first kappa shape index (κ1) is 28.7. The molecule has 0 atom stereocenters. The first-order valence-corrected chi connectivity index (χ1v) is 15.1. The summed E-state index contributed by atoms with van der Waals surface area (Å²) in [7, 11) is 0. The topological polar surface area (TPSA) is 93.2 Å². The Morgan fingerprint density at radius 2 is 1.54 bits per heavy atom. The van der Waals surface area contributed by atoms with E-state index in [1.54, 1.807) is 12.1 Å². The molecule has 1 aromatic heterocycles. The van der Waals surface area contributed by atoms with Crippen LogP contribution in [0.3, 0.4) is 0 Å². The zero-order valence-corrected chi connectivity index (χ0v) is 24.1. The van der Waals surface area contributed by atoms with Gasteiger partial charge in [-0.25, -0.2) is 4.98 Å². The van der Waals surface area contributed by atoms with E-state index in [-0.39, 0.29) is 5.84 Å². The van der Waals surface area contributed by atoms with Crippen molar-refractivity contribution in [2.24, 2.45) is 16.8 Å².